The molecule has 0 N–H and O–H groups in total. The van der Waals surface area contributed by atoms with Crippen LogP contribution in [0.25, 0.3) is 0 Å². The summed E-state index contributed by atoms with van der Waals surface area (Å²) in [6, 6.07) is 16.0. The number of amides is 1. The van der Waals surface area contributed by atoms with Crippen LogP contribution in [0.3, 0.4) is 0 Å². The third-order valence-electron chi connectivity index (χ3n) is 6.23. The normalized spacial score (nSPS) is 19.7. The van der Waals surface area contributed by atoms with E-state index >= 15 is 0 Å². The molecule has 2 aromatic rings. The van der Waals surface area contributed by atoms with E-state index in [1.807, 2.05) is 30.3 Å². The molecule has 0 radical (unpaired) electrons. The Labute approximate surface area is 173 Å². The molecule has 1 fully saturated rings. The van der Waals surface area contributed by atoms with E-state index in [0.717, 1.165) is 23.0 Å². The maximum absolute atomic E-state index is 12.5. The molecule has 0 aromatic heterocycles. The van der Waals surface area contributed by atoms with E-state index in [9.17, 15) is 4.79 Å². The summed E-state index contributed by atoms with van der Waals surface area (Å²) in [6.45, 7) is 9.70. The summed E-state index contributed by atoms with van der Waals surface area (Å²) in [5.41, 5.74) is 3.61. The molecule has 2 aliphatic rings. The Morgan fingerprint density at radius 3 is 2.41 bits per heavy atom. The van der Waals surface area contributed by atoms with Crippen molar-refractivity contribution in [2.24, 2.45) is 0 Å². The van der Waals surface area contributed by atoms with Crippen molar-refractivity contribution >= 4 is 18.7 Å². The number of nitrogens with zero attached hydrogens (tertiary/aromatic N) is 1. The highest BCUT2D eigenvalue weighted by molar-refractivity contribution is 6.62. The number of fused-ring (bicyclic) bond motifs is 1. The van der Waals surface area contributed by atoms with Gasteiger partial charge in [-0.05, 0) is 56.3 Å². The summed E-state index contributed by atoms with van der Waals surface area (Å²) in [6.07, 6.45) is 0.542. The topological polar surface area (TPSA) is 48.0 Å². The van der Waals surface area contributed by atoms with Gasteiger partial charge in [0.25, 0.3) is 0 Å². The molecule has 2 heterocycles. The summed E-state index contributed by atoms with van der Waals surface area (Å²) >= 11 is 0. The van der Waals surface area contributed by atoms with Crippen molar-refractivity contribution in [3.63, 3.8) is 0 Å². The number of carbonyl (C=O) groups is 1. The lowest BCUT2D eigenvalue weighted by Gasteiger charge is -2.32. The predicted molar refractivity (Wildman–Crippen MR) is 113 cm³/mol. The van der Waals surface area contributed by atoms with Gasteiger partial charge in [0.1, 0.15) is 6.61 Å². The van der Waals surface area contributed by atoms with E-state index in [-0.39, 0.29) is 23.9 Å². The van der Waals surface area contributed by atoms with Gasteiger partial charge in [-0.2, -0.15) is 0 Å². The van der Waals surface area contributed by atoms with Crippen LogP contribution in [-0.4, -0.2) is 35.9 Å². The maximum atomic E-state index is 12.5. The van der Waals surface area contributed by atoms with Gasteiger partial charge in [-0.1, -0.05) is 48.5 Å². The molecular formula is C23H28BNO4. The molecule has 2 aromatic carbocycles. The van der Waals surface area contributed by atoms with Gasteiger partial charge in [0.15, 0.2) is 0 Å². The van der Waals surface area contributed by atoms with Gasteiger partial charge in [-0.15, -0.1) is 0 Å². The second-order valence-corrected chi connectivity index (χ2v) is 8.83. The highest BCUT2D eigenvalue weighted by Crippen LogP contribution is 2.36. The first kappa shape index (κ1) is 20.0. The van der Waals surface area contributed by atoms with Crippen LogP contribution in [0.2, 0.25) is 0 Å². The van der Waals surface area contributed by atoms with Crippen molar-refractivity contribution in [1.82, 2.24) is 4.90 Å². The van der Waals surface area contributed by atoms with E-state index in [4.69, 9.17) is 14.0 Å². The smallest absolute Gasteiger partial charge is 0.445 e. The summed E-state index contributed by atoms with van der Waals surface area (Å²) in [4.78, 5) is 14.3. The minimum absolute atomic E-state index is 0.277. The second kappa shape index (κ2) is 7.50. The molecule has 0 bridgehead atoms. The first-order chi connectivity index (χ1) is 13.7. The van der Waals surface area contributed by atoms with E-state index in [0.29, 0.717) is 13.1 Å². The third-order valence-corrected chi connectivity index (χ3v) is 6.23. The number of rotatable bonds is 3. The zero-order valence-electron chi connectivity index (χ0n) is 17.6. The second-order valence-electron chi connectivity index (χ2n) is 8.83. The Bertz CT molecular complexity index is 881. The molecule has 0 saturated carbocycles. The summed E-state index contributed by atoms with van der Waals surface area (Å²) < 4.78 is 17.9. The van der Waals surface area contributed by atoms with Crippen LogP contribution in [0.5, 0.6) is 0 Å². The Morgan fingerprint density at radius 1 is 1.03 bits per heavy atom. The zero-order valence-corrected chi connectivity index (χ0v) is 17.6. The molecule has 4 rings (SSSR count). The number of ether oxygens (including phenoxy) is 1. The van der Waals surface area contributed by atoms with Crippen LogP contribution in [0.15, 0.2) is 48.5 Å². The highest BCUT2D eigenvalue weighted by atomic mass is 16.7. The molecule has 2 aliphatic heterocycles. The Balaban J connectivity index is 1.44. The Hall–Kier alpha value is -2.31. The SMILES string of the molecule is CC1(C)OB(c2ccc3c(c2)CN(C(=O)OCc2ccccc2)CC3)OC1(C)C. The summed E-state index contributed by atoms with van der Waals surface area (Å²) in [5, 5.41) is 0. The molecule has 0 spiro atoms. The number of hydrogen-bond donors (Lipinski definition) is 0. The fourth-order valence-electron chi connectivity index (χ4n) is 3.67. The fourth-order valence-corrected chi connectivity index (χ4v) is 3.67. The van der Waals surface area contributed by atoms with E-state index in [1.165, 1.54) is 5.56 Å². The number of benzene rings is 2. The molecule has 1 amide bonds. The average molecular weight is 393 g/mol. The Kier molecular flexibility index (Phi) is 5.17. The van der Waals surface area contributed by atoms with Crippen molar-refractivity contribution in [3.8, 4) is 0 Å². The van der Waals surface area contributed by atoms with Gasteiger partial charge in [0, 0.05) is 13.1 Å². The van der Waals surface area contributed by atoms with Crippen LogP contribution in [0.1, 0.15) is 44.4 Å². The minimum atomic E-state index is -0.397. The molecular weight excluding hydrogens is 365 g/mol. The van der Waals surface area contributed by atoms with Crippen LogP contribution in [-0.2, 0) is 33.6 Å². The van der Waals surface area contributed by atoms with E-state index in [2.05, 4.69) is 45.9 Å². The summed E-state index contributed by atoms with van der Waals surface area (Å²) in [5.74, 6) is 0. The molecule has 152 valence electrons. The molecule has 0 aliphatic carbocycles. The molecule has 0 unspecified atom stereocenters. The first-order valence-corrected chi connectivity index (χ1v) is 10.2. The maximum Gasteiger partial charge on any atom is 0.494 e. The van der Waals surface area contributed by atoms with Gasteiger partial charge in [-0.25, -0.2) is 4.79 Å². The van der Waals surface area contributed by atoms with Crippen molar-refractivity contribution in [3.05, 3.63) is 65.2 Å². The molecule has 1 saturated heterocycles. The zero-order chi connectivity index (χ0) is 20.6. The van der Waals surface area contributed by atoms with Gasteiger partial charge >= 0.3 is 13.2 Å². The first-order valence-electron chi connectivity index (χ1n) is 10.2. The molecule has 6 heteroatoms. The van der Waals surface area contributed by atoms with E-state index < -0.39 is 7.12 Å². The largest absolute Gasteiger partial charge is 0.494 e. The third kappa shape index (κ3) is 4.05. The molecule has 0 atom stereocenters. The van der Waals surface area contributed by atoms with Gasteiger partial charge in [-0.3, -0.25) is 0 Å². The monoisotopic (exact) mass is 393 g/mol. The minimum Gasteiger partial charge on any atom is -0.445 e. The highest BCUT2D eigenvalue weighted by Gasteiger charge is 2.51. The lowest BCUT2D eigenvalue weighted by molar-refractivity contribution is 0.00578. The van der Waals surface area contributed by atoms with Crippen molar-refractivity contribution < 1.29 is 18.8 Å². The van der Waals surface area contributed by atoms with Gasteiger partial charge in [0.2, 0.25) is 0 Å². The van der Waals surface area contributed by atoms with Crippen molar-refractivity contribution in [2.45, 2.75) is 58.5 Å². The van der Waals surface area contributed by atoms with Gasteiger partial charge in [0.05, 0.1) is 11.2 Å². The quantitative estimate of drug-likeness (QED) is 0.747. The van der Waals surface area contributed by atoms with Crippen LogP contribution < -0.4 is 5.46 Å². The lowest BCUT2D eigenvalue weighted by Crippen LogP contribution is -2.41. The van der Waals surface area contributed by atoms with Crippen LogP contribution >= 0.6 is 0 Å². The average Bonchev–Trinajstić information content (AvgIpc) is 2.93. The summed E-state index contributed by atoms with van der Waals surface area (Å²) in [7, 11) is -0.397. The molecule has 29 heavy (non-hydrogen) atoms. The van der Waals surface area contributed by atoms with Gasteiger partial charge < -0.3 is 18.9 Å². The van der Waals surface area contributed by atoms with Crippen molar-refractivity contribution in [1.29, 1.82) is 0 Å². The van der Waals surface area contributed by atoms with Crippen LogP contribution in [0, 0.1) is 0 Å². The molecule has 5 nitrogen and oxygen atoms in total. The number of hydrogen-bond acceptors (Lipinski definition) is 4. The Morgan fingerprint density at radius 2 is 1.72 bits per heavy atom. The van der Waals surface area contributed by atoms with E-state index in [1.54, 1.807) is 4.90 Å². The standard InChI is InChI=1S/C23H28BNO4/c1-22(2)23(3,4)29-24(28-22)20-11-10-18-12-13-25(15-19(18)14-20)21(26)27-16-17-8-6-5-7-9-17/h5-11,14H,12-13,15-16H2,1-4H3. The fraction of sp³-hybridized carbons (Fsp3) is 0.435. The van der Waals surface area contributed by atoms with Crippen LogP contribution in [0.4, 0.5) is 4.79 Å². The lowest BCUT2D eigenvalue weighted by atomic mass is 9.77. The van der Waals surface area contributed by atoms with Crippen molar-refractivity contribution in [2.75, 3.05) is 6.54 Å². The number of carbonyl (C=O) groups excluding carboxylic acids is 1. The predicted octanol–water partition coefficient (Wildman–Crippen LogP) is 3.68.